The summed E-state index contributed by atoms with van der Waals surface area (Å²) in [6, 6.07) is 6.09. The number of likely N-dealkylation sites (N-methyl/N-ethyl adjacent to an activating group) is 1. The van der Waals surface area contributed by atoms with Crippen molar-refractivity contribution >= 4 is 5.91 Å². The Kier molecular flexibility index (Phi) is 6.38. The smallest absolute Gasteiger partial charge is 0.248 e. The Morgan fingerprint density at radius 1 is 1.33 bits per heavy atom. The van der Waals surface area contributed by atoms with E-state index >= 15 is 0 Å². The van der Waals surface area contributed by atoms with Crippen LogP contribution in [-0.4, -0.2) is 45.3 Å². The molecule has 0 fully saturated rings. The Bertz CT molecular complexity index is 570. The number of nitrogens with two attached hydrogens (primary N) is 1. The van der Waals surface area contributed by atoms with E-state index in [2.05, 4.69) is 24.5 Å². The second kappa shape index (κ2) is 8.10. The van der Waals surface area contributed by atoms with Crippen molar-refractivity contribution in [2.45, 2.75) is 50.7 Å². The standard InChI is InChI=1S/C19H31N3O2/c1-5-19(6-2)15-11-14(18(20)23)8-7-13(15)12-16(24-4)17(19)22-10-9-21-3/h7-8,11,16-17,21-22H,5-6,9-10,12H2,1-4H3,(H2,20,23)/t16-,17+/m1/s1. The van der Waals surface area contributed by atoms with Crippen LogP contribution < -0.4 is 16.4 Å². The highest BCUT2D eigenvalue weighted by Gasteiger charge is 2.46. The van der Waals surface area contributed by atoms with E-state index in [1.807, 2.05) is 25.2 Å². The number of primary amides is 1. The van der Waals surface area contributed by atoms with Crippen LogP contribution in [0.25, 0.3) is 0 Å². The van der Waals surface area contributed by atoms with E-state index in [4.69, 9.17) is 10.5 Å². The highest BCUT2D eigenvalue weighted by atomic mass is 16.5. The fourth-order valence-electron chi connectivity index (χ4n) is 4.20. The van der Waals surface area contributed by atoms with Gasteiger partial charge in [-0.3, -0.25) is 4.79 Å². The minimum absolute atomic E-state index is 0.0620. The van der Waals surface area contributed by atoms with Crippen LogP contribution in [0.4, 0.5) is 0 Å². The van der Waals surface area contributed by atoms with Crippen molar-refractivity contribution < 1.29 is 9.53 Å². The van der Waals surface area contributed by atoms with Gasteiger partial charge < -0.3 is 21.1 Å². The van der Waals surface area contributed by atoms with E-state index in [0.29, 0.717) is 5.56 Å². The quantitative estimate of drug-likeness (QED) is 0.632. The van der Waals surface area contributed by atoms with Crippen molar-refractivity contribution in [1.29, 1.82) is 0 Å². The van der Waals surface area contributed by atoms with Crippen LogP contribution in [0.1, 0.15) is 48.2 Å². The molecule has 0 aliphatic heterocycles. The fraction of sp³-hybridized carbons (Fsp3) is 0.632. The fourth-order valence-corrected chi connectivity index (χ4v) is 4.20. The number of amides is 1. The zero-order valence-corrected chi connectivity index (χ0v) is 15.3. The average molecular weight is 333 g/mol. The first-order valence-electron chi connectivity index (χ1n) is 8.88. The van der Waals surface area contributed by atoms with Crippen LogP contribution in [0.5, 0.6) is 0 Å². The average Bonchev–Trinajstić information content (AvgIpc) is 2.60. The lowest BCUT2D eigenvalue weighted by atomic mass is 9.62. The van der Waals surface area contributed by atoms with E-state index < -0.39 is 0 Å². The number of carbonyl (C=O) groups excluding carboxylic acids is 1. The maximum Gasteiger partial charge on any atom is 0.248 e. The second-order valence-corrected chi connectivity index (χ2v) is 6.61. The van der Waals surface area contributed by atoms with E-state index in [1.165, 1.54) is 11.1 Å². The van der Waals surface area contributed by atoms with Crippen LogP contribution in [0.2, 0.25) is 0 Å². The van der Waals surface area contributed by atoms with Gasteiger partial charge in [0.15, 0.2) is 0 Å². The molecule has 1 amide bonds. The Morgan fingerprint density at radius 2 is 2.04 bits per heavy atom. The van der Waals surface area contributed by atoms with Gasteiger partial charge in [0, 0.05) is 43.6 Å². The third kappa shape index (κ3) is 3.34. The monoisotopic (exact) mass is 333 g/mol. The molecular formula is C19H31N3O2. The van der Waals surface area contributed by atoms with Crippen molar-refractivity contribution in [3.05, 3.63) is 34.9 Å². The number of rotatable bonds is 8. The number of hydrogen-bond acceptors (Lipinski definition) is 4. The van der Waals surface area contributed by atoms with Gasteiger partial charge in [0.05, 0.1) is 6.10 Å². The predicted octanol–water partition coefficient (Wildman–Crippen LogP) is 1.59. The lowest BCUT2D eigenvalue weighted by molar-refractivity contribution is 0.0248. The minimum atomic E-state index is -0.368. The first-order chi connectivity index (χ1) is 11.5. The summed E-state index contributed by atoms with van der Waals surface area (Å²) < 4.78 is 5.85. The van der Waals surface area contributed by atoms with Gasteiger partial charge in [-0.1, -0.05) is 19.9 Å². The van der Waals surface area contributed by atoms with Crippen LogP contribution in [0, 0.1) is 0 Å². The summed E-state index contributed by atoms with van der Waals surface area (Å²) in [5.41, 5.74) is 8.56. The zero-order chi connectivity index (χ0) is 17.7. The van der Waals surface area contributed by atoms with Gasteiger partial charge >= 0.3 is 0 Å². The van der Waals surface area contributed by atoms with Crippen LogP contribution in [0.3, 0.4) is 0 Å². The topological polar surface area (TPSA) is 76.4 Å². The molecule has 5 heteroatoms. The van der Waals surface area contributed by atoms with Gasteiger partial charge in [0.2, 0.25) is 5.91 Å². The summed E-state index contributed by atoms with van der Waals surface area (Å²) >= 11 is 0. The number of hydrogen-bond donors (Lipinski definition) is 3. The third-order valence-corrected chi connectivity index (χ3v) is 5.62. The number of nitrogens with one attached hydrogen (secondary N) is 2. The highest BCUT2D eigenvalue weighted by Crippen LogP contribution is 2.44. The number of carbonyl (C=O) groups is 1. The van der Waals surface area contributed by atoms with Gasteiger partial charge in [-0.25, -0.2) is 0 Å². The molecule has 1 aromatic rings. The lowest BCUT2D eigenvalue weighted by Gasteiger charge is -2.49. The largest absolute Gasteiger partial charge is 0.379 e. The molecule has 0 bridgehead atoms. The third-order valence-electron chi connectivity index (χ3n) is 5.62. The van der Waals surface area contributed by atoms with Crippen molar-refractivity contribution in [3.8, 4) is 0 Å². The van der Waals surface area contributed by atoms with Crippen LogP contribution >= 0.6 is 0 Å². The molecular weight excluding hydrogens is 302 g/mol. The molecule has 2 rings (SSSR count). The lowest BCUT2D eigenvalue weighted by Crippen LogP contribution is -2.59. The van der Waals surface area contributed by atoms with Crippen molar-refractivity contribution in [3.63, 3.8) is 0 Å². The summed E-state index contributed by atoms with van der Waals surface area (Å²) in [5, 5.41) is 6.88. The number of methoxy groups -OCH3 is 1. The van der Waals surface area contributed by atoms with E-state index in [9.17, 15) is 4.79 Å². The first kappa shape index (κ1) is 18.9. The molecule has 2 atom stereocenters. The molecule has 5 nitrogen and oxygen atoms in total. The Hall–Kier alpha value is -1.43. The molecule has 24 heavy (non-hydrogen) atoms. The summed E-state index contributed by atoms with van der Waals surface area (Å²) in [7, 11) is 3.74. The molecule has 0 saturated heterocycles. The van der Waals surface area contributed by atoms with Gasteiger partial charge in [-0.05, 0) is 43.1 Å². The first-order valence-corrected chi connectivity index (χ1v) is 8.88. The Balaban J connectivity index is 2.51. The molecule has 0 radical (unpaired) electrons. The zero-order valence-electron chi connectivity index (χ0n) is 15.3. The summed E-state index contributed by atoms with van der Waals surface area (Å²) in [5.74, 6) is -0.368. The minimum Gasteiger partial charge on any atom is -0.379 e. The maximum absolute atomic E-state index is 11.7. The second-order valence-electron chi connectivity index (χ2n) is 6.61. The van der Waals surface area contributed by atoms with E-state index in [1.54, 1.807) is 7.11 Å². The summed E-state index contributed by atoms with van der Waals surface area (Å²) in [4.78, 5) is 11.7. The van der Waals surface area contributed by atoms with E-state index in [0.717, 1.165) is 32.4 Å². The van der Waals surface area contributed by atoms with Crippen LogP contribution in [-0.2, 0) is 16.6 Å². The molecule has 134 valence electrons. The predicted molar refractivity (Wildman–Crippen MR) is 97.4 cm³/mol. The molecule has 0 aromatic heterocycles. The molecule has 0 heterocycles. The van der Waals surface area contributed by atoms with Crippen molar-refractivity contribution in [2.75, 3.05) is 27.2 Å². The molecule has 1 aliphatic carbocycles. The van der Waals surface area contributed by atoms with Gasteiger partial charge in [-0.2, -0.15) is 0 Å². The van der Waals surface area contributed by atoms with E-state index in [-0.39, 0.29) is 23.5 Å². The number of ether oxygens (including phenoxy) is 1. The Labute approximate surface area is 145 Å². The van der Waals surface area contributed by atoms with Gasteiger partial charge in [0.1, 0.15) is 0 Å². The molecule has 1 aliphatic rings. The SMILES string of the molecule is CCC1(CC)c2cc(C(N)=O)ccc2C[C@@H](OC)[C@@H]1NCCNC. The molecule has 0 saturated carbocycles. The van der Waals surface area contributed by atoms with Gasteiger partial charge in [-0.15, -0.1) is 0 Å². The molecule has 4 N–H and O–H groups in total. The van der Waals surface area contributed by atoms with Crippen molar-refractivity contribution in [2.24, 2.45) is 5.73 Å². The number of benzene rings is 1. The normalized spacial score (nSPS) is 22.2. The maximum atomic E-state index is 11.7. The summed E-state index contributed by atoms with van der Waals surface area (Å²) in [6.07, 6.45) is 2.93. The molecule has 0 spiro atoms. The number of fused-ring (bicyclic) bond motifs is 1. The Morgan fingerprint density at radius 3 is 2.58 bits per heavy atom. The van der Waals surface area contributed by atoms with Gasteiger partial charge in [0.25, 0.3) is 0 Å². The summed E-state index contributed by atoms with van der Waals surface area (Å²) in [6.45, 7) is 6.22. The molecule has 0 unspecified atom stereocenters. The molecule has 1 aromatic carbocycles. The van der Waals surface area contributed by atoms with Crippen LogP contribution in [0.15, 0.2) is 18.2 Å². The highest BCUT2D eigenvalue weighted by molar-refractivity contribution is 5.93. The van der Waals surface area contributed by atoms with Crippen molar-refractivity contribution in [1.82, 2.24) is 10.6 Å².